The van der Waals surface area contributed by atoms with Gasteiger partial charge in [-0.3, -0.25) is 10.1 Å². The molecule has 1 saturated heterocycles. The minimum absolute atomic E-state index is 0.0263. The number of oxazole rings is 1. The van der Waals surface area contributed by atoms with Gasteiger partial charge in [-0.1, -0.05) is 0 Å². The molecule has 2 rings (SSSR count). The maximum atomic E-state index is 11.7. The molecule has 1 aliphatic heterocycles. The molecule has 1 aliphatic rings. The van der Waals surface area contributed by atoms with Gasteiger partial charge >= 0.3 is 0 Å². The lowest BCUT2D eigenvalue weighted by molar-refractivity contribution is -0.122. The standard InChI is InChI=1S/C10H15N3O2S/c1-6-9(15-7(2)13-6)3-11-10(14)8-4-16-5-12-8/h8,12H,3-5H2,1-2H3,(H,11,14). The molecule has 2 heterocycles. The van der Waals surface area contributed by atoms with Crippen LogP contribution in [0.15, 0.2) is 4.42 Å². The van der Waals surface area contributed by atoms with E-state index in [0.29, 0.717) is 12.4 Å². The van der Waals surface area contributed by atoms with E-state index < -0.39 is 0 Å². The highest BCUT2D eigenvalue weighted by atomic mass is 32.2. The molecule has 1 aromatic heterocycles. The Balaban J connectivity index is 1.87. The van der Waals surface area contributed by atoms with Gasteiger partial charge in [-0.15, -0.1) is 11.8 Å². The first-order valence-electron chi connectivity index (χ1n) is 5.18. The zero-order valence-corrected chi connectivity index (χ0v) is 10.2. The Morgan fingerprint density at radius 2 is 2.50 bits per heavy atom. The van der Waals surface area contributed by atoms with Crippen LogP contribution in [0.3, 0.4) is 0 Å². The molecule has 2 N–H and O–H groups in total. The van der Waals surface area contributed by atoms with E-state index in [-0.39, 0.29) is 11.9 Å². The number of amides is 1. The van der Waals surface area contributed by atoms with Crippen LogP contribution >= 0.6 is 11.8 Å². The number of nitrogens with zero attached hydrogens (tertiary/aromatic N) is 1. The molecule has 1 unspecified atom stereocenters. The molecule has 16 heavy (non-hydrogen) atoms. The number of carbonyl (C=O) groups is 1. The van der Waals surface area contributed by atoms with Crippen LogP contribution in [0.1, 0.15) is 17.3 Å². The molecule has 1 atom stereocenters. The highest BCUT2D eigenvalue weighted by molar-refractivity contribution is 7.99. The summed E-state index contributed by atoms with van der Waals surface area (Å²) < 4.78 is 5.38. The summed E-state index contributed by atoms with van der Waals surface area (Å²) in [4.78, 5) is 15.8. The van der Waals surface area contributed by atoms with Crippen molar-refractivity contribution in [1.82, 2.24) is 15.6 Å². The van der Waals surface area contributed by atoms with Gasteiger partial charge in [0.2, 0.25) is 5.91 Å². The zero-order chi connectivity index (χ0) is 11.5. The fraction of sp³-hybridized carbons (Fsp3) is 0.600. The number of hydrogen-bond acceptors (Lipinski definition) is 5. The molecule has 6 heteroatoms. The smallest absolute Gasteiger partial charge is 0.238 e. The van der Waals surface area contributed by atoms with Gasteiger partial charge in [0.15, 0.2) is 5.89 Å². The third-order valence-electron chi connectivity index (χ3n) is 2.46. The minimum atomic E-state index is -0.0747. The molecular formula is C10H15N3O2S. The third-order valence-corrected chi connectivity index (χ3v) is 3.40. The summed E-state index contributed by atoms with van der Waals surface area (Å²) in [5.74, 6) is 3.07. The second-order valence-corrected chi connectivity index (χ2v) is 4.76. The van der Waals surface area contributed by atoms with Crippen molar-refractivity contribution in [2.75, 3.05) is 11.6 Å². The lowest BCUT2D eigenvalue weighted by atomic mass is 10.3. The topological polar surface area (TPSA) is 67.2 Å². The van der Waals surface area contributed by atoms with Crippen LogP contribution in [0, 0.1) is 13.8 Å². The number of aromatic nitrogens is 1. The summed E-state index contributed by atoms with van der Waals surface area (Å²) in [7, 11) is 0. The lowest BCUT2D eigenvalue weighted by Gasteiger charge is -2.09. The first kappa shape index (κ1) is 11.5. The van der Waals surface area contributed by atoms with E-state index in [1.165, 1.54) is 0 Å². The zero-order valence-electron chi connectivity index (χ0n) is 9.37. The van der Waals surface area contributed by atoms with Crippen LogP contribution < -0.4 is 10.6 Å². The Bertz CT molecular complexity index is 385. The number of hydrogen-bond donors (Lipinski definition) is 2. The molecule has 1 fully saturated rings. The largest absolute Gasteiger partial charge is 0.444 e. The normalized spacial score (nSPS) is 20.0. The molecule has 0 bridgehead atoms. The lowest BCUT2D eigenvalue weighted by Crippen LogP contribution is -2.41. The third kappa shape index (κ3) is 2.56. The first-order chi connectivity index (χ1) is 7.66. The number of thioether (sulfide) groups is 1. The summed E-state index contributed by atoms with van der Waals surface area (Å²) >= 11 is 1.73. The van der Waals surface area contributed by atoms with Crippen LogP contribution in [-0.2, 0) is 11.3 Å². The monoisotopic (exact) mass is 241 g/mol. The molecule has 1 aromatic rings. The van der Waals surface area contributed by atoms with Gasteiger partial charge in [0.1, 0.15) is 5.76 Å². The molecule has 0 aliphatic carbocycles. The fourth-order valence-corrected chi connectivity index (χ4v) is 2.53. The van der Waals surface area contributed by atoms with Crippen LogP contribution in [-0.4, -0.2) is 28.6 Å². The summed E-state index contributed by atoms with van der Waals surface area (Å²) in [5, 5.41) is 5.96. The van der Waals surface area contributed by atoms with E-state index in [1.54, 1.807) is 18.7 Å². The predicted octanol–water partition coefficient (Wildman–Crippen LogP) is 0.570. The quantitative estimate of drug-likeness (QED) is 0.810. The Morgan fingerprint density at radius 1 is 1.69 bits per heavy atom. The Labute approximate surface area is 98.4 Å². The molecule has 0 radical (unpaired) electrons. The molecule has 0 spiro atoms. The van der Waals surface area contributed by atoms with Crippen molar-refractivity contribution in [3.05, 3.63) is 17.3 Å². The highest BCUT2D eigenvalue weighted by Crippen LogP contribution is 2.11. The minimum Gasteiger partial charge on any atom is -0.444 e. The van der Waals surface area contributed by atoms with Gasteiger partial charge in [-0.2, -0.15) is 0 Å². The highest BCUT2D eigenvalue weighted by Gasteiger charge is 2.22. The van der Waals surface area contributed by atoms with E-state index in [4.69, 9.17) is 4.42 Å². The molecule has 1 amide bonds. The van der Waals surface area contributed by atoms with E-state index in [0.717, 1.165) is 23.1 Å². The van der Waals surface area contributed by atoms with E-state index in [2.05, 4.69) is 15.6 Å². The number of rotatable bonds is 3. The van der Waals surface area contributed by atoms with Gasteiger partial charge in [-0.05, 0) is 6.92 Å². The fourth-order valence-electron chi connectivity index (χ4n) is 1.59. The van der Waals surface area contributed by atoms with Gasteiger partial charge in [-0.25, -0.2) is 4.98 Å². The molecule has 0 aromatic carbocycles. The van der Waals surface area contributed by atoms with Crippen molar-refractivity contribution < 1.29 is 9.21 Å². The number of nitrogens with one attached hydrogen (secondary N) is 2. The average Bonchev–Trinajstić information content (AvgIpc) is 2.84. The van der Waals surface area contributed by atoms with Crippen molar-refractivity contribution in [2.45, 2.75) is 26.4 Å². The maximum Gasteiger partial charge on any atom is 0.238 e. The van der Waals surface area contributed by atoms with Crippen molar-refractivity contribution in [2.24, 2.45) is 0 Å². The van der Waals surface area contributed by atoms with Crippen molar-refractivity contribution in [3.63, 3.8) is 0 Å². The average molecular weight is 241 g/mol. The summed E-state index contributed by atoms with van der Waals surface area (Å²) in [6.45, 7) is 4.09. The van der Waals surface area contributed by atoms with Crippen molar-refractivity contribution >= 4 is 17.7 Å². The van der Waals surface area contributed by atoms with Crippen molar-refractivity contribution in [1.29, 1.82) is 0 Å². The van der Waals surface area contributed by atoms with Crippen LogP contribution in [0.4, 0.5) is 0 Å². The van der Waals surface area contributed by atoms with Crippen LogP contribution in [0.25, 0.3) is 0 Å². The summed E-state index contributed by atoms with van der Waals surface area (Å²) in [6.07, 6.45) is 0. The molecular weight excluding hydrogens is 226 g/mol. The van der Waals surface area contributed by atoms with Gasteiger partial charge < -0.3 is 9.73 Å². The second kappa shape index (κ2) is 4.88. The van der Waals surface area contributed by atoms with E-state index in [9.17, 15) is 4.79 Å². The summed E-state index contributed by atoms with van der Waals surface area (Å²) in [5.41, 5.74) is 0.839. The summed E-state index contributed by atoms with van der Waals surface area (Å²) in [6, 6.07) is -0.0747. The Kier molecular flexibility index (Phi) is 3.50. The SMILES string of the molecule is Cc1nc(C)c(CNC(=O)C2CSCN2)o1. The maximum absolute atomic E-state index is 11.7. The number of aryl methyl sites for hydroxylation is 2. The molecule has 0 saturated carbocycles. The Morgan fingerprint density at radius 3 is 3.06 bits per heavy atom. The van der Waals surface area contributed by atoms with Crippen LogP contribution in [0.2, 0.25) is 0 Å². The van der Waals surface area contributed by atoms with Gasteiger partial charge in [0.25, 0.3) is 0 Å². The van der Waals surface area contributed by atoms with E-state index >= 15 is 0 Å². The first-order valence-corrected chi connectivity index (χ1v) is 6.34. The second-order valence-electron chi connectivity index (χ2n) is 3.73. The van der Waals surface area contributed by atoms with Gasteiger partial charge in [0, 0.05) is 18.6 Å². The number of carbonyl (C=O) groups excluding carboxylic acids is 1. The van der Waals surface area contributed by atoms with Crippen molar-refractivity contribution in [3.8, 4) is 0 Å². The Hall–Kier alpha value is -1.01. The molecule has 88 valence electrons. The van der Waals surface area contributed by atoms with Gasteiger partial charge in [0.05, 0.1) is 18.3 Å². The van der Waals surface area contributed by atoms with Crippen LogP contribution in [0.5, 0.6) is 0 Å². The molecule has 5 nitrogen and oxygen atoms in total. The van der Waals surface area contributed by atoms with E-state index in [1.807, 2.05) is 6.92 Å². The predicted molar refractivity (Wildman–Crippen MR) is 62.1 cm³/mol.